The van der Waals surface area contributed by atoms with E-state index in [9.17, 15) is 18.7 Å². The number of alkyl halides is 1. The van der Waals surface area contributed by atoms with Gasteiger partial charge < -0.3 is 10.4 Å². The Hall–Kier alpha value is -1.47. The van der Waals surface area contributed by atoms with Gasteiger partial charge in [-0.1, -0.05) is 46.9 Å². The van der Waals surface area contributed by atoms with Gasteiger partial charge in [0.25, 0.3) is 5.91 Å². The van der Waals surface area contributed by atoms with E-state index in [1.54, 1.807) is 0 Å². The largest absolute Gasteiger partial charge is 0.387 e. The highest BCUT2D eigenvalue weighted by atomic mass is 35.5. The quantitative estimate of drug-likeness (QED) is 0.623. The highest BCUT2D eigenvalue weighted by molar-refractivity contribution is 6.34. The van der Waals surface area contributed by atoms with Gasteiger partial charge in [-0.15, -0.1) is 0 Å². The van der Waals surface area contributed by atoms with Crippen molar-refractivity contribution in [2.45, 2.75) is 43.5 Å². The minimum atomic E-state index is -1.51. The number of rotatable bonds is 4. The third-order valence-electron chi connectivity index (χ3n) is 4.91. The van der Waals surface area contributed by atoms with E-state index in [-0.39, 0.29) is 52.1 Å². The van der Waals surface area contributed by atoms with Gasteiger partial charge in [-0.2, -0.15) is 0 Å². The first kappa shape index (κ1) is 21.2. The molecule has 3 rings (SSSR count). The topological polar surface area (TPSA) is 62.2 Å². The third kappa shape index (κ3) is 4.40. The van der Waals surface area contributed by atoms with Crippen molar-refractivity contribution in [2.24, 2.45) is 0 Å². The Labute approximate surface area is 175 Å². The molecule has 0 radical (unpaired) electrons. The molecule has 28 heavy (non-hydrogen) atoms. The van der Waals surface area contributed by atoms with Crippen LogP contribution in [0.25, 0.3) is 0 Å². The fraction of sp³-hybridized carbons (Fsp3) is 0.368. The number of hydrogen-bond donors (Lipinski definition) is 2. The highest BCUT2D eigenvalue weighted by Gasteiger charge is 2.43. The number of nitrogens with zero attached hydrogens (tertiary/aromatic N) is 1. The molecule has 1 atom stereocenters. The number of benzene rings is 1. The number of nitrogens with one attached hydrogen (secondary N) is 1. The zero-order valence-electron chi connectivity index (χ0n) is 14.6. The van der Waals surface area contributed by atoms with Crippen LogP contribution in [0.5, 0.6) is 0 Å². The Kier molecular flexibility index (Phi) is 6.44. The number of carbonyl (C=O) groups is 1. The zero-order valence-corrected chi connectivity index (χ0v) is 16.8. The molecule has 1 aliphatic carbocycles. The van der Waals surface area contributed by atoms with E-state index < -0.39 is 29.5 Å². The summed E-state index contributed by atoms with van der Waals surface area (Å²) in [5.74, 6) is -1.41. The lowest BCUT2D eigenvalue weighted by Gasteiger charge is -2.41. The van der Waals surface area contributed by atoms with Crippen molar-refractivity contribution in [3.8, 4) is 0 Å². The van der Waals surface area contributed by atoms with E-state index in [0.717, 1.165) is 0 Å². The summed E-state index contributed by atoms with van der Waals surface area (Å²) in [5.41, 5.74) is -1.47. The molecule has 2 N–H and O–H groups in total. The van der Waals surface area contributed by atoms with Gasteiger partial charge >= 0.3 is 0 Å². The Balaban J connectivity index is 2.00. The molecule has 150 valence electrons. The Morgan fingerprint density at radius 3 is 2.57 bits per heavy atom. The van der Waals surface area contributed by atoms with Gasteiger partial charge in [0.1, 0.15) is 22.8 Å². The molecule has 0 saturated heterocycles. The van der Waals surface area contributed by atoms with Gasteiger partial charge in [-0.3, -0.25) is 4.79 Å². The van der Waals surface area contributed by atoms with Crippen molar-refractivity contribution >= 4 is 40.7 Å². The summed E-state index contributed by atoms with van der Waals surface area (Å²) in [4.78, 5) is 16.7. The van der Waals surface area contributed by atoms with E-state index in [4.69, 9.17) is 34.8 Å². The van der Waals surface area contributed by atoms with Gasteiger partial charge in [0.15, 0.2) is 0 Å². The second-order valence-electron chi connectivity index (χ2n) is 6.79. The zero-order chi connectivity index (χ0) is 20.5. The molecule has 1 aromatic heterocycles. The van der Waals surface area contributed by atoms with Crippen LogP contribution >= 0.6 is 34.8 Å². The lowest BCUT2D eigenvalue weighted by Crippen LogP contribution is -2.49. The summed E-state index contributed by atoms with van der Waals surface area (Å²) in [6.45, 7) is 0. The molecule has 9 heteroatoms. The molecule has 1 saturated carbocycles. The average Bonchev–Trinajstić information content (AvgIpc) is 2.66. The maximum atomic E-state index is 14.0. The van der Waals surface area contributed by atoms with E-state index in [1.165, 1.54) is 30.3 Å². The van der Waals surface area contributed by atoms with Crippen LogP contribution in [0, 0.1) is 5.82 Å². The Morgan fingerprint density at radius 2 is 1.89 bits per heavy atom. The third-order valence-corrected chi connectivity index (χ3v) is 5.83. The fourth-order valence-corrected chi connectivity index (χ4v) is 3.97. The fourth-order valence-electron chi connectivity index (χ4n) is 3.39. The van der Waals surface area contributed by atoms with Gasteiger partial charge in [-0.05, 0) is 49.4 Å². The van der Waals surface area contributed by atoms with Gasteiger partial charge in [0, 0.05) is 0 Å². The molecule has 1 aliphatic rings. The first-order valence-corrected chi connectivity index (χ1v) is 9.78. The van der Waals surface area contributed by atoms with Crippen molar-refractivity contribution in [3.05, 3.63) is 62.6 Å². The van der Waals surface area contributed by atoms with E-state index >= 15 is 0 Å². The van der Waals surface area contributed by atoms with Crippen molar-refractivity contribution in [3.63, 3.8) is 0 Å². The number of amides is 1. The lowest BCUT2D eigenvalue weighted by molar-refractivity contribution is -0.0446. The monoisotopic (exact) mass is 448 g/mol. The van der Waals surface area contributed by atoms with Crippen LogP contribution in [0.15, 0.2) is 30.3 Å². The van der Waals surface area contributed by atoms with E-state index in [0.29, 0.717) is 0 Å². The van der Waals surface area contributed by atoms with Gasteiger partial charge in [0.05, 0.1) is 21.7 Å². The minimum absolute atomic E-state index is 0.0606. The van der Waals surface area contributed by atoms with Gasteiger partial charge in [0.2, 0.25) is 0 Å². The van der Waals surface area contributed by atoms with Crippen molar-refractivity contribution < 1.29 is 18.7 Å². The lowest BCUT2D eigenvalue weighted by atomic mass is 9.76. The van der Waals surface area contributed by atoms with Crippen LogP contribution in [0.4, 0.5) is 8.78 Å². The second kappa shape index (κ2) is 8.49. The second-order valence-corrected chi connectivity index (χ2v) is 7.96. The molecule has 0 spiro atoms. The van der Waals surface area contributed by atoms with Crippen molar-refractivity contribution in [2.75, 3.05) is 0 Å². The predicted molar refractivity (Wildman–Crippen MR) is 104 cm³/mol. The van der Waals surface area contributed by atoms with Gasteiger partial charge in [-0.25, -0.2) is 13.8 Å². The van der Waals surface area contributed by atoms with Crippen LogP contribution < -0.4 is 5.32 Å². The van der Waals surface area contributed by atoms with Crippen molar-refractivity contribution in [1.82, 2.24) is 10.3 Å². The highest BCUT2D eigenvalue weighted by Crippen LogP contribution is 2.42. The van der Waals surface area contributed by atoms with Crippen LogP contribution in [0.3, 0.4) is 0 Å². The Morgan fingerprint density at radius 1 is 1.21 bits per heavy atom. The molecule has 1 aromatic carbocycles. The molecular weight excluding hydrogens is 433 g/mol. The summed E-state index contributed by atoms with van der Waals surface area (Å²) >= 11 is 18.0. The summed E-state index contributed by atoms with van der Waals surface area (Å²) < 4.78 is 27.7. The number of pyridine rings is 1. The molecule has 0 bridgehead atoms. The summed E-state index contributed by atoms with van der Waals surface area (Å²) in [6.07, 6.45) is -0.660. The first-order valence-electron chi connectivity index (χ1n) is 8.64. The number of halogens is 5. The summed E-state index contributed by atoms with van der Waals surface area (Å²) in [7, 11) is 0. The average molecular weight is 450 g/mol. The number of aliphatic hydroxyl groups is 1. The number of hydrogen-bond acceptors (Lipinski definition) is 3. The smallest absolute Gasteiger partial charge is 0.272 e. The number of carbonyl (C=O) groups excluding carboxylic acids is 1. The molecule has 4 nitrogen and oxygen atoms in total. The normalized spacial score (nSPS) is 23.3. The molecule has 1 fully saturated rings. The van der Waals surface area contributed by atoms with Crippen molar-refractivity contribution in [1.29, 1.82) is 0 Å². The Bertz CT molecular complexity index is 889. The first-order chi connectivity index (χ1) is 13.2. The van der Waals surface area contributed by atoms with E-state index in [1.807, 2.05) is 0 Å². The molecular formula is C19H17Cl3F2N2O2. The van der Waals surface area contributed by atoms with Crippen LogP contribution in [0.2, 0.25) is 15.2 Å². The molecule has 1 heterocycles. The standard InChI is InChI=1S/C19H17Cl3F2N2O2/c20-12-4-5-14(21)25-16(12)18(27)26-17(11-2-1-3-13(24)15(11)22)19(28)8-6-10(23)7-9-19/h1-5,10,17,28H,6-9H2,(H,26,27). The maximum Gasteiger partial charge on any atom is 0.272 e. The van der Waals surface area contributed by atoms with Crippen LogP contribution in [-0.2, 0) is 0 Å². The molecule has 1 amide bonds. The maximum absolute atomic E-state index is 14.0. The molecule has 2 aromatic rings. The number of aromatic nitrogens is 1. The SMILES string of the molecule is O=C(NC(c1cccc(F)c1Cl)C1(O)CCC(F)CC1)c1nc(Cl)ccc1Cl. The predicted octanol–water partition coefficient (Wildman–Crippen LogP) is 5.30. The molecule has 1 unspecified atom stereocenters. The minimum Gasteiger partial charge on any atom is -0.387 e. The summed E-state index contributed by atoms with van der Waals surface area (Å²) in [5, 5.41) is 13.7. The molecule has 0 aliphatic heterocycles. The van der Waals surface area contributed by atoms with E-state index in [2.05, 4.69) is 10.3 Å². The van der Waals surface area contributed by atoms with Crippen LogP contribution in [0.1, 0.15) is 47.8 Å². The summed E-state index contributed by atoms with van der Waals surface area (Å²) in [6, 6.07) is 5.85. The van der Waals surface area contributed by atoms with Crippen LogP contribution in [-0.4, -0.2) is 27.8 Å².